The Morgan fingerprint density at radius 1 is 1.56 bits per heavy atom. The van der Waals surface area contributed by atoms with Gasteiger partial charge < -0.3 is 5.32 Å². The fourth-order valence-corrected chi connectivity index (χ4v) is 1.77. The normalized spacial score (nSPS) is 21.6. The molecule has 1 saturated carbocycles. The summed E-state index contributed by atoms with van der Waals surface area (Å²) in [6.45, 7) is 4.23. The molecule has 1 atom stereocenters. The monoisotopic (exact) mass is 258 g/mol. The van der Waals surface area contributed by atoms with Gasteiger partial charge in [-0.25, -0.2) is 4.98 Å². The van der Waals surface area contributed by atoms with Crippen molar-refractivity contribution in [1.82, 2.24) is 10.3 Å². The highest BCUT2D eigenvalue weighted by atomic mass is 35.5. The van der Waals surface area contributed by atoms with E-state index in [1.165, 1.54) is 12.3 Å². The predicted octanol–water partition coefficient (Wildman–Crippen LogP) is 2.92. The maximum absolute atomic E-state index is 11.8. The van der Waals surface area contributed by atoms with Crippen LogP contribution in [0.5, 0.6) is 0 Å². The Hall–Kier alpha value is -0.800. The van der Waals surface area contributed by atoms with Crippen LogP contribution in [0.2, 0.25) is 10.2 Å². The summed E-state index contributed by atoms with van der Waals surface area (Å²) in [7, 11) is 0. The van der Waals surface area contributed by atoms with Crippen molar-refractivity contribution in [2.75, 3.05) is 0 Å². The molecule has 1 aliphatic carbocycles. The van der Waals surface area contributed by atoms with E-state index < -0.39 is 0 Å². The van der Waals surface area contributed by atoms with Gasteiger partial charge in [0.05, 0.1) is 10.6 Å². The predicted molar refractivity (Wildman–Crippen MR) is 63.9 cm³/mol. The lowest BCUT2D eigenvalue weighted by atomic mass is 10.2. The standard InChI is InChI=1S/C11H12Cl2N2O/c1-11(2)4-8(11)15-10(16)6-3-7(12)9(13)14-5-6/h3,5,8H,4H2,1-2H3,(H,15,16). The minimum atomic E-state index is -0.151. The van der Waals surface area contributed by atoms with Crippen LogP contribution < -0.4 is 5.32 Å². The van der Waals surface area contributed by atoms with Crippen molar-refractivity contribution in [2.45, 2.75) is 26.3 Å². The number of carbonyl (C=O) groups excluding carboxylic acids is 1. The first-order chi connectivity index (χ1) is 7.40. The summed E-state index contributed by atoms with van der Waals surface area (Å²) in [5.41, 5.74) is 0.649. The minimum absolute atomic E-state index is 0.151. The summed E-state index contributed by atoms with van der Waals surface area (Å²) < 4.78 is 0. The summed E-state index contributed by atoms with van der Waals surface area (Å²) in [5.74, 6) is -0.151. The highest BCUT2D eigenvalue weighted by Crippen LogP contribution is 2.44. The second-order valence-electron chi connectivity index (χ2n) is 4.72. The smallest absolute Gasteiger partial charge is 0.253 e. The molecule has 1 fully saturated rings. The van der Waals surface area contributed by atoms with Crippen LogP contribution in [0.25, 0.3) is 0 Å². The number of nitrogens with one attached hydrogen (secondary N) is 1. The Balaban J connectivity index is 2.07. The molecule has 1 aliphatic rings. The molecule has 0 aromatic carbocycles. The van der Waals surface area contributed by atoms with E-state index in [1.54, 1.807) is 0 Å². The van der Waals surface area contributed by atoms with Crippen LogP contribution in [0.4, 0.5) is 0 Å². The van der Waals surface area contributed by atoms with Crippen molar-refractivity contribution >= 4 is 29.1 Å². The Kier molecular flexibility index (Phi) is 2.84. The average Bonchev–Trinajstić information content (AvgIpc) is 2.78. The van der Waals surface area contributed by atoms with Gasteiger partial charge in [0.1, 0.15) is 5.15 Å². The average molecular weight is 259 g/mol. The van der Waals surface area contributed by atoms with E-state index in [9.17, 15) is 4.79 Å². The minimum Gasteiger partial charge on any atom is -0.349 e. The van der Waals surface area contributed by atoms with Crippen LogP contribution in [0.1, 0.15) is 30.6 Å². The first-order valence-electron chi connectivity index (χ1n) is 5.02. The number of rotatable bonds is 2. The van der Waals surface area contributed by atoms with Crippen LogP contribution in [0.15, 0.2) is 12.3 Å². The van der Waals surface area contributed by atoms with Gasteiger partial charge in [-0.05, 0) is 17.9 Å². The molecular formula is C11H12Cl2N2O. The van der Waals surface area contributed by atoms with Gasteiger partial charge in [-0.1, -0.05) is 37.0 Å². The van der Waals surface area contributed by atoms with E-state index in [1.807, 2.05) is 0 Å². The molecule has 0 aliphatic heterocycles. The first kappa shape index (κ1) is 11.7. The lowest BCUT2D eigenvalue weighted by Gasteiger charge is -2.07. The van der Waals surface area contributed by atoms with Gasteiger partial charge in [-0.3, -0.25) is 4.79 Å². The summed E-state index contributed by atoms with van der Waals surface area (Å²) in [5, 5.41) is 3.44. The molecule has 1 aromatic heterocycles. The molecular weight excluding hydrogens is 247 g/mol. The third-order valence-corrected chi connectivity index (χ3v) is 3.56. The Morgan fingerprint density at radius 3 is 2.69 bits per heavy atom. The summed E-state index contributed by atoms with van der Waals surface area (Å²) in [6, 6.07) is 1.77. The van der Waals surface area contributed by atoms with Crippen LogP contribution in [-0.4, -0.2) is 16.9 Å². The highest BCUT2D eigenvalue weighted by molar-refractivity contribution is 6.41. The van der Waals surface area contributed by atoms with Crippen LogP contribution in [-0.2, 0) is 0 Å². The molecule has 0 bridgehead atoms. The molecule has 1 unspecified atom stereocenters. The van der Waals surface area contributed by atoms with E-state index in [0.29, 0.717) is 10.6 Å². The maximum Gasteiger partial charge on any atom is 0.253 e. The number of halogens is 2. The van der Waals surface area contributed by atoms with Crippen LogP contribution in [0.3, 0.4) is 0 Å². The van der Waals surface area contributed by atoms with Crippen molar-refractivity contribution in [3.8, 4) is 0 Å². The SMILES string of the molecule is CC1(C)CC1NC(=O)c1cnc(Cl)c(Cl)c1. The number of hydrogen-bond donors (Lipinski definition) is 1. The molecule has 5 heteroatoms. The van der Waals surface area contributed by atoms with Gasteiger partial charge in [0.15, 0.2) is 0 Å². The zero-order chi connectivity index (χ0) is 11.9. The van der Waals surface area contributed by atoms with E-state index in [2.05, 4.69) is 24.1 Å². The van der Waals surface area contributed by atoms with Gasteiger partial charge in [0.2, 0.25) is 0 Å². The third kappa shape index (κ3) is 2.30. The molecule has 0 saturated heterocycles. The van der Waals surface area contributed by atoms with Crippen LogP contribution in [0, 0.1) is 5.41 Å². The van der Waals surface area contributed by atoms with E-state index in [-0.39, 0.29) is 22.5 Å². The number of pyridine rings is 1. The summed E-state index contributed by atoms with van der Waals surface area (Å²) in [6.07, 6.45) is 2.44. The van der Waals surface area contributed by atoms with Gasteiger partial charge in [-0.15, -0.1) is 0 Å². The first-order valence-corrected chi connectivity index (χ1v) is 5.78. The Labute approximate surface area is 104 Å². The quantitative estimate of drug-likeness (QED) is 0.830. The molecule has 1 N–H and O–H groups in total. The van der Waals surface area contributed by atoms with Crippen molar-refractivity contribution < 1.29 is 4.79 Å². The van der Waals surface area contributed by atoms with Crippen LogP contribution >= 0.6 is 23.2 Å². The van der Waals surface area contributed by atoms with Gasteiger partial charge in [0.25, 0.3) is 5.91 Å². The fourth-order valence-electron chi connectivity index (χ4n) is 1.50. The van der Waals surface area contributed by atoms with Gasteiger partial charge >= 0.3 is 0 Å². The summed E-state index contributed by atoms with van der Waals surface area (Å²) >= 11 is 11.5. The molecule has 1 aromatic rings. The van der Waals surface area contributed by atoms with Gasteiger partial charge in [-0.2, -0.15) is 0 Å². The van der Waals surface area contributed by atoms with E-state index in [0.717, 1.165) is 6.42 Å². The topological polar surface area (TPSA) is 42.0 Å². The molecule has 1 amide bonds. The highest BCUT2D eigenvalue weighted by Gasteiger charge is 2.46. The molecule has 16 heavy (non-hydrogen) atoms. The van der Waals surface area contributed by atoms with Crippen molar-refractivity contribution in [2.24, 2.45) is 5.41 Å². The second-order valence-corrected chi connectivity index (χ2v) is 5.48. The Morgan fingerprint density at radius 2 is 2.19 bits per heavy atom. The molecule has 1 heterocycles. The number of nitrogens with zero attached hydrogens (tertiary/aromatic N) is 1. The molecule has 86 valence electrons. The number of amides is 1. The second kappa shape index (κ2) is 3.90. The molecule has 2 rings (SSSR count). The molecule has 0 spiro atoms. The summed E-state index contributed by atoms with van der Waals surface area (Å²) in [4.78, 5) is 15.6. The Bertz CT molecular complexity index is 446. The number of hydrogen-bond acceptors (Lipinski definition) is 2. The zero-order valence-electron chi connectivity index (χ0n) is 9.05. The lowest BCUT2D eigenvalue weighted by Crippen LogP contribution is -2.28. The van der Waals surface area contributed by atoms with E-state index in [4.69, 9.17) is 23.2 Å². The zero-order valence-corrected chi connectivity index (χ0v) is 10.6. The number of aromatic nitrogens is 1. The van der Waals surface area contributed by atoms with Gasteiger partial charge in [0, 0.05) is 12.2 Å². The number of carbonyl (C=O) groups is 1. The van der Waals surface area contributed by atoms with Crippen molar-refractivity contribution in [3.63, 3.8) is 0 Å². The van der Waals surface area contributed by atoms with Crippen molar-refractivity contribution in [1.29, 1.82) is 0 Å². The third-order valence-electron chi connectivity index (χ3n) is 2.88. The molecule has 3 nitrogen and oxygen atoms in total. The molecule has 0 radical (unpaired) electrons. The van der Waals surface area contributed by atoms with E-state index >= 15 is 0 Å². The fraction of sp³-hybridized carbons (Fsp3) is 0.455. The maximum atomic E-state index is 11.8. The largest absolute Gasteiger partial charge is 0.349 e. The lowest BCUT2D eigenvalue weighted by molar-refractivity contribution is 0.0946. The van der Waals surface area contributed by atoms with Crippen molar-refractivity contribution in [3.05, 3.63) is 28.0 Å².